The van der Waals surface area contributed by atoms with Crippen molar-refractivity contribution in [1.82, 2.24) is 14.7 Å². The van der Waals surface area contributed by atoms with E-state index in [4.69, 9.17) is 4.42 Å². The third-order valence-electron chi connectivity index (χ3n) is 4.85. The molecule has 3 aliphatic heterocycles. The summed E-state index contributed by atoms with van der Waals surface area (Å²) >= 11 is 0. The van der Waals surface area contributed by atoms with Crippen LogP contribution in [0.5, 0.6) is 0 Å². The van der Waals surface area contributed by atoms with E-state index in [2.05, 4.69) is 4.90 Å². The van der Waals surface area contributed by atoms with Gasteiger partial charge in [-0.1, -0.05) is 0 Å². The number of fused-ring (bicyclic) bond motifs is 4. The molecular formula is C17H25N3O3. The Bertz CT molecular complexity index is 596. The van der Waals surface area contributed by atoms with E-state index in [0.29, 0.717) is 0 Å². The predicted octanol–water partition coefficient (Wildman–Crippen LogP) is 1.10. The van der Waals surface area contributed by atoms with Crippen molar-refractivity contribution in [3.63, 3.8) is 0 Å². The minimum Gasteiger partial charge on any atom is -0.465 e. The molecule has 0 radical (unpaired) electrons. The van der Waals surface area contributed by atoms with Crippen LogP contribution in [0.3, 0.4) is 0 Å². The van der Waals surface area contributed by atoms with Crippen LogP contribution in [0.4, 0.5) is 0 Å². The lowest BCUT2D eigenvalue weighted by molar-refractivity contribution is -0.145. The molecular weight excluding hydrogens is 294 g/mol. The van der Waals surface area contributed by atoms with Gasteiger partial charge in [-0.05, 0) is 31.9 Å². The Morgan fingerprint density at radius 1 is 1.30 bits per heavy atom. The Labute approximate surface area is 137 Å². The number of piperidine rings is 1. The highest BCUT2D eigenvalue weighted by molar-refractivity contribution is 5.86. The zero-order valence-electron chi connectivity index (χ0n) is 14.1. The zero-order chi connectivity index (χ0) is 16.6. The van der Waals surface area contributed by atoms with Crippen LogP contribution in [-0.4, -0.2) is 66.3 Å². The molecule has 2 atom stereocenters. The van der Waals surface area contributed by atoms with Gasteiger partial charge in [-0.3, -0.25) is 14.5 Å². The summed E-state index contributed by atoms with van der Waals surface area (Å²) in [6, 6.07) is 4.09. The van der Waals surface area contributed by atoms with E-state index in [9.17, 15) is 9.59 Å². The van der Waals surface area contributed by atoms with Gasteiger partial charge in [-0.15, -0.1) is 0 Å². The van der Waals surface area contributed by atoms with Gasteiger partial charge in [0.2, 0.25) is 11.8 Å². The van der Waals surface area contributed by atoms with Crippen molar-refractivity contribution in [1.29, 1.82) is 0 Å². The van der Waals surface area contributed by atoms with E-state index < -0.39 is 0 Å². The molecule has 0 N–H and O–H groups in total. The molecule has 3 saturated heterocycles. The summed E-state index contributed by atoms with van der Waals surface area (Å²) in [5, 5.41) is 0. The molecule has 2 bridgehead atoms. The Morgan fingerprint density at radius 2 is 2.09 bits per heavy atom. The highest BCUT2D eigenvalue weighted by Crippen LogP contribution is 2.30. The Kier molecular flexibility index (Phi) is 4.43. The van der Waals surface area contributed by atoms with Gasteiger partial charge < -0.3 is 14.2 Å². The lowest BCUT2D eigenvalue weighted by atomic mass is 9.94. The minimum absolute atomic E-state index is 0.000212. The van der Waals surface area contributed by atoms with E-state index in [1.54, 1.807) is 23.9 Å². The number of amides is 2. The molecule has 4 heterocycles. The van der Waals surface area contributed by atoms with E-state index in [-0.39, 0.29) is 30.3 Å². The summed E-state index contributed by atoms with van der Waals surface area (Å²) in [6.07, 6.45) is 1.90. The summed E-state index contributed by atoms with van der Waals surface area (Å²) < 4.78 is 5.67. The molecule has 0 unspecified atom stereocenters. The van der Waals surface area contributed by atoms with Crippen molar-refractivity contribution < 1.29 is 14.0 Å². The van der Waals surface area contributed by atoms with E-state index in [1.165, 1.54) is 0 Å². The molecule has 6 nitrogen and oxygen atoms in total. The van der Waals surface area contributed by atoms with Crippen molar-refractivity contribution >= 4 is 11.8 Å². The quantitative estimate of drug-likeness (QED) is 0.834. The van der Waals surface area contributed by atoms with Crippen LogP contribution in [0.25, 0.3) is 0 Å². The van der Waals surface area contributed by atoms with Gasteiger partial charge in [0.25, 0.3) is 0 Å². The van der Waals surface area contributed by atoms with Crippen molar-refractivity contribution in [3.05, 3.63) is 23.7 Å². The first-order chi connectivity index (χ1) is 10.9. The average molecular weight is 319 g/mol. The third kappa shape index (κ3) is 3.42. The molecule has 126 valence electrons. The third-order valence-corrected chi connectivity index (χ3v) is 4.85. The second-order valence-corrected chi connectivity index (χ2v) is 6.89. The minimum atomic E-state index is -0.0147. The lowest BCUT2D eigenvalue weighted by Crippen LogP contribution is -2.51. The largest absolute Gasteiger partial charge is 0.465 e. The second-order valence-electron chi connectivity index (χ2n) is 6.89. The SMILES string of the molecule is Cc1ccc(CN2C[C@@H]3CC[C@H](C2)N(CC(=O)N(C)C)C3=O)o1. The highest BCUT2D eigenvalue weighted by Gasteiger charge is 2.41. The fraction of sp³-hybridized carbons (Fsp3) is 0.647. The zero-order valence-corrected chi connectivity index (χ0v) is 14.1. The van der Waals surface area contributed by atoms with Crippen LogP contribution in [0.15, 0.2) is 16.5 Å². The molecule has 2 amide bonds. The molecule has 3 aliphatic rings. The van der Waals surface area contributed by atoms with Crippen molar-refractivity contribution in [2.24, 2.45) is 5.92 Å². The lowest BCUT2D eigenvalue weighted by Gasteiger charge is -2.36. The first kappa shape index (κ1) is 16.1. The Hall–Kier alpha value is -1.82. The number of carbonyl (C=O) groups excluding carboxylic acids is 2. The monoisotopic (exact) mass is 319 g/mol. The normalized spacial score (nSPS) is 24.8. The van der Waals surface area contributed by atoms with Gasteiger partial charge in [0.1, 0.15) is 18.1 Å². The maximum absolute atomic E-state index is 12.7. The number of hydrogen-bond donors (Lipinski definition) is 0. The van der Waals surface area contributed by atoms with Gasteiger partial charge in [-0.25, -0.2) is 0 Å². The molecule has 1 aromatic rings. The number of carbonyl (C=O) groups is 2. The van der Waals surface area contributed by atoms with E-state index in [0.717, 1.165) is 44.0 Å². The standard InChI is InChI=1S/C17H25N3O3/c1-12-4-7-15(23-12)10-19-8-13-5-6-14(9-19)20(17(13)22)11-16(21)18(2)3/h4,7,13-14H,5-6,8-11H2,1-3H3/t13-,14+/m0/s1. The number of nitrogens with zero attached hydrogens (tertiary/aromatic N) is 3. The molecule has 0 spiro atoms. The summed E-state index contributed by atoms with van der Waals surface area (Å²) in [7, 11) is 3.46. The topological polar surface area (TPSA) is 57.0 Å². The number of likely N-dealkylation sites (N-methyl/N-ethyl adjacent to an activating group) is 1. The van der Waals surface area contributed by atoms with Crippen LogP contribution < -0.4 is 0 Å². The van der Waals surface area contributed by atoms with Crippen LogP contribution in [-0.2, 0) is 16.1 Å². The molecule has 3 fully saturated rings. The smallest absolute Gasteiger partial charge is 0.241 e. The maximum atomic E-state index is 12.7. The maximum Gasteiger partial charge on any atom is 0.241 e. The second kappa shape index (κ2) is 6.35. The van der Waals surface area contributed by atoms with Gasteiger partial charge >= 0.3 is 0 Å². The van der Waals surface area contributed by atoms with Crippen molar-refractivity contribution in [2.45, 2.75) is 32.4 Å². The fourth-order valence-corrected chi connectivity index (χ4v) is 3.54. The molecule has 1 aromatic heterocycles. The highest BCUT2D eigenvalue weighted by atomic mass is 16.3. The van der Waals surface area contributed by atoms with Gasteiger partial charge in [0.05, 0.1) is 12.5 Å². The Balaban J connectivity index is 1.71. The number of rotatable bonds is 4. The molecule has 4 rings (SSSR count). The van der Waals surface area contributed by atoms with Gasteiger partial charge in [0, 0.05) is 33.2 Å². The average Bonchev–Trinajstić information content (AvgIpc) is 2.73. The number of aryl methyl sites for hydroxylation is 1. The number of hydrogen-bond acceptors (Lipinski definition) is 4. The molecule has 6 heteroatoms. The van der Waals surface area contributed by atoms with Crippen LogP contribution >= 0.6 is 0 Å². The van der Waals surface area contributed by atoms with Gasteiger partial charge in [0.15, 0.2) is 0 Å². The van der Waals surface area contributed by atoms with Crippen molar-refractivity contribution in [2.75, 3.05) is 33.7 Å². The van der Waals surface area contributed by atoms with Crippen LogP contribution in [0, 0.1) is 12.8 Å². The molecule has 0 aromatic carbocycles. The first-order valence-corrected chi connectivity index (χ1v) is 8.22. The summed E-state index contributed by atoms with van der Waals surface area (Å²) in [5.41, 5.74) is 0. The Morgan fingerprint density at radius 3 is 2.74 bits per heavy atom. The van der Waals surface area contributed by atoms with E-state index >= 15 is 0 Å². The summed E-state index contributed by atoms with van der Waals surface area (Å²) in [5.74, 6) is 1.97. The predicted molar refractivity (Wildman–Crippen MR) is 85.6 cm³/mol. The summed E-state index contributed by atoms with van der Waals surface area (Å²) in [4.78, 5) is 30.3. The fourth-order valence-electron chi connectivity index (χ4n) is 3.54. The van der Waals surface area contributed by atoms with Crippen LogP contribution in [0.2, 0.25) is 0 Å². The van der Waals surface area contributed by atoms with E-state index in [1.807, 2.05) is 19.1 Å². The molecule has 0 saturated carbocycles. The molecule has 0 aliphatic carbocycles. The van der Waals surface area contributed by atoms with Gasteiger partial charge in [-0.2, -0.15) is 0 Å². The molecule has 23 heavy (non-hydrogen) atoms. The van der Waals surface area contributed by atoms with Crippen LogP contribution in [0.1, 0.15) is 24.4 Å². The number of furan rings is 1. The first-order valence-electron chi connectivity index (χ1n) is 8.22. The van der Waals surface area contributed by atoms with Crippen molar-refractivity contribution in [3.8, 4) is 0 Å². The summed E-state index contributed by atoms with van der Waals surface area (Å²) in [6.45, 7) is 4.42.